The second-order valence-electron chi connectivity index (χ2n) is 5.68. The molecule has 0 aliphatic heterocycles. The minimum atomic E-state index is -0.935. The fraction of sp³-hybridized carbons (Fsp3) is 0.0526. The van der Waals surface area contributed by atoms with Gasteiger partial charge < -0.3 is 13.8 Å². The summed E-state index contributed by atoms with van der Waals surface area (Å²) < 4.78 is 13.9. The zero-order chi connectivity index (χ0) is 21.8. The molecule has 0 fully saturated rings. The summed E-state index contributed by atoms with van der Waals surface area (Å²) in [6.07, 6.45) is 10.9. The molecule has 0 unspecified atom stereocenters. The van der Waals surface area contributed by atoms with Crippen molar-refractivity contribution in [2.45, 2.75) is 6.92 Å². The van der Waals surface area contributed by atoms with E-state index in [2.05, 4.69) is 46.4 Å². The van der Waals surface area contributed by atoms with E-state index in [1.807, 2.05) is 48.9 Å². The Hall–Kier alpha value is -2.41. The van der Waals surface area contributed by atoms with Gasteiger partial charge in [0.05, 0.1) is 0 Å². The molecule has 0 aliphatic rings. The van der Waals surface area contributed by atoms with Crippen LogP contribution in [0.1, 0.15) is 11.1 Å². The van der Waals surface area contributed by atoms with Gasteiger partial charge in [-0.25, -0.2) is 15.3 Å². The van der Waals surface area contributed by atoms with E-state index >= 15 is 0 Å². The van der Waals surface area contributed by atoms with Crippen molar-refractivity contribution in [3.05, 3.63) is 97.4 Å². The Labute approximate surface area is 192 Å². The first-order valence-electron chi connectivity index (χ1n) is 8.51. The molecule has 11 heteroatoms. The fourth-order valence-electron chi connectivity index (χ4n) is 2.44. The zero-order valence-electron chi connectivity index (χ0n) is 15.9. The maximum absolute atomic E-state index is 7.50. The molecule has 0 N–H and O–H groups in total. The van der Waals surface area contributed by atoms with Crippen LogP contribution in [0, 0.1) is 13.6 Å². The van der Waals surface area contributed by atoms with Crippen molar-refractivity contribution in [3.63, 3.8) is 0 Å². The fourth-order valence-corrected chi connectivity index (χ4v) is 5.24. The summed E-state index contributed by atoms with van der Waals surface area (Å²) in [4.78, 5) is 0. The van der Waals surface area contributed by atoms with E-state index in [9.17, 15) is 0 Å². The topological polar surface area (TPSA) is 73.4 Å². The molecule has 4 rings (SSSR count). The maximum atomic E-state index is 7.50. The summed E-state index contributed by atoms with van der Waals surface area (Å²) in [7, 11) is 5.65. The minimum absolute atomic E-state index is 0.194. The molecule has 3 aromatic heterocycles. The summed E-state index contributed by atoms with van der Waals surface area (Å²) in [6.45, 7) is 6.56. The molecule has 0 aliphatic carbocycles. The van der Waals surface area contributed by atoms with Crippen molar-refractivity contribution < 1.29 is 21.7 Å². The molecule has 0 atom stereocenters. The van der Waals surface area contributed by atoms with Crippen molar-refractivity contribution >= 4 is 38.0 Å². The summed E-state index contributed by atoms with van der Waals surface area (Å²) in [5.74, 6) is 0. The monoisotopic (exact) mass is 606 g/mol. The molecule has 30 heavy (non-hydrogen) atoms. The minimum Gasteiger partial charge on any atom is -0.425 e. The first kappa shape index (κ1) is 23.9. The van der Waals surface area contributed by atoms with E-state index in [1.54, 1.807) is 32.4 Å². The Bertz CT molecular complexity index is 969. The molecular formula is C19H16BClN6OSW-2. The van der Waals surface area contributed by atoms with Gasteiger partial charge in [-0.15, -0.1) is 0 Å². The van der Waals surface area contributed by atoms with Crippen LogP contribution >= 0.6 is 21.6 Å². The van der Waals surface area contributed by atoms with Gasteiger partial charge in [0.25, 0.3) is 7.12 Å². The van der Waals surface area contributed by atoms with Crippen molar-refractivity contribution in [1.29, 1.82) is 0 Å². The molecule has 0 bridgehead atoms. The third kappa shape index (κ3) is 6.56. The van der Waals surface area contributed by atoms with Crippen LogP contribution < -0.4 is 0 Å². The third-order valence-corrected chi connectivity index (χ3v) is 7.52. The zero-order valence-corrected chi connectivity index (χ0v) is 20.4. The average molecular weight is 607 g/mol. The van der Waals surface area contributed by atoms with E-state index in [1.165, 1.54) is 5.56 Å². The SMILES string of the molecule is Cc1ccc([C]([C-]=S)=[W][Cl])cc1.[C-]#[O+].c1cnn([B-](n2cccn2)n2cccn2)c1. The number of hydrogen-bond donors (Lipinski definition) is 0. The first-order chi connectivity index (χ1) is 14.7. The summed E-state index contributed by atoms with van der Waals surface area (Å²) in [5.41, 5.74) is 2.39. The number of rotatable bonds is 5. The van der Waals surface area contributed by atoms with E-state index < -0.39 is 17.1 Å². The molecule has 1 radical (unpaired) electrons. The van der Waals surface area contributed by atoms with E-state index in [0.29, 0.717) is 0 Å². The number of thiocarbonyl (C=S) groups is 1. The number of aromatic nitrogens is 6. The normalized spacial score (nSPS) is 10.5. The molecular weight excluding hydrogens is 590 g/mol. The predicted molar refractivity (Wildman–Crippen MR) is 116 cm³/mol. The van der Waals surface area contributed by atoms with Crippen molar-refractivity contribution in [3.8, 4) is 0 Å². The van der Waals surface area contributed by atoms with Crippen molar-refractivity contribution in [1.82, 2.24) is 29.1 Å². The van der Waals surface area contributed by atoms with Gasteiger partial charge in [0.1, 0.15) is 0 Å². The van der Waals surface area contributed by atoms with Crippen LogP contribution in [0.5, 0.6) is 0 Å². The van der Waals surface area contributed by atoms with Crippen LogP contribution in [-0.4, -0.2) is 45.5 Å². The van der Waals surface area contributed by atoms with Crippen LogP contribution in [0.25, 0.3) is 0 Å². The summed E-state index contributed by atoms with van der Waals surface area (Å²) >= 11 is 3.82. The van der Waals surface area contributed by atoms with Crippen LogP contribution in [0.15, 0.2) is 79.6 Å². The Morgan fingerprint density at radius 3 is 1.70 bits per heavy atom. The number of benzene rings is 1. The van der Waals surface area contributed by atoms with Crippen molar-refractivity contribution in [2.24, 2.45) is 0 Å². The molecule has 3 heterocycles. The number of hydrogen-bond acceptors (Lipinski definition) is 4. The third-order valence-electron chi connectivity index (χ3n) is 3.77. The second kappa shape index (κ2) is 13.0. The van der Waals surface area contributed by atoms with E-state index in [-0.39, 0.29) is 7.12 Å². The molecule has 0 amide bonds. The quantitative estimate of drug-likeness (QED) is 0.152. The first-order valence-corrected chi connectivity index (χ1v) is 14.0. The van der Waals surface area contributed by atoms with Gasteiger partial charge in [-0.05, 0) is 36.8 Å². The second-order valence-corrected chi connectivity index (χ2v) is 9.17. The summed E-state index contributed by atoms with van der Waals surface area (Å²) in [5, 5.41) is 15.4. The molecule has 0 saturated heterocycles. The molecule has 7 nitrogen and oxygen atoms in total. The number of halogens is 1. The van der Waals surface area contributed by atoms with Crippen LogP contribution in [-0.2, 0) is 21.7 Å². The van der Waals surface area contributed by atoms with Crippen LogP contribution in [0.3, 0.4) is 0 Å². The molecule has 4 aromatic rings. The van der Waals surface area contributed by atoms with Gasteiger partial charge in [0, 0.05) is 18.6 Å². The van der Waals surface area contributed by atoms with E-state index in [0.717, 1.165) is 9.46 Å². The van der Waals surface area contributed by atoms with Gasteiger partial charge in [-0.3, -0.25) is 0 Å². The molecule has 1 aromatic carbocycles. The number of aryl methyl sites for hydroxylation is 1. The van der Waals surface area contributed by atoms with Gasteiger partial charge in [-0.2, -0.15) is 0 Å². The van der Waals surface area contributed by atoms with Crippen LogP contribution in [0.2, 0.25) is 0 Å². The predicted octanol–water partition coefficient (Wildman–Crippen LogP) is 2.80. The maximum Gasteiger partial charge on any atom is 0.260 e. The van der Waals surface area contributed by atoms with E-state index in [4.69, 9.17) is 26.3 Å². The number of nitrogens with zero attached hydrogens (tertiary/aromatic N) is 6. The Kier molecular flexibility index (Phi) is 10.3. The van der Waals surface area contributed by atoms with Crippen molar-refractivity contribution in [2.75, 3.05) is 0 Å². The average Bonchev–Trinajstić information content (AvgIpc) is 3.58. The summed E-state index contributed by atoms with van der Waals surface area (Å²) in [6, 6.07) is 13.8. The molecule has 152 valence electrons. The smallest absolute Gasteiger partial charge is 0.260 e. The molecule has 0 spiro atoms. The Balaban J connectivity index is 0.000000205. The van der Waals surface area contributed by atoms with Gasteiger partial charge >= 0.3 is 102 Å². The standard InChI is InChI=1S/C9H9BN6.C9H7S.CO.ClH.W/c1-4-11-14(7-1)10(15-8-2-5-12-15)16-9-3-6-13-16;1-8-2-4-9(5-3-8)6-7-10;1-2;;/h1-9H;2-5H,1H3;;1H;/q2*-1;;;+1/p-1. The van der Waals surface area contributed by atoms with Gasteiger partial charge in [0.15, 0.2) is 0 Å². The van der Waals surface area contributed by atoms with Gasteiger partial charge in [-0.1, -0.05) is 0 Å². The van der Waals surface area contributed by atoms with Crippen LogP contribution in [0.4, 0.5) is 0 Å². The molecule has 0 saturated carbocycles. The largest absolute Gasteiger partial charge is 0.425 e. The Morgan fingerprint density at radius 1 is 0.967 bits per heavy atom. The Morgan fingerprint density at radius 2 is 1.40 bits per heavy atom. The van der Waals surface area contributed by atoms with Gasteiger partial charge in [0.2, 0.25) is 0 Å².